The molecule has 4 heteroatoms. The fourth-order valence-corrected chi connectivity index (χ4v) is 3.44. The van der Waals surface area contributed by atoms with E-state index in [1.807, 2.05) is 13.8 Å². The number of hydrogen-bond acceptors (Lipinski definition) is 2. The highest BCUT2D eigenvalue weighted by atomic mass is 19.1. The van der Waals surface area contributed by atoms with Crippen LogP contribution in [0.1, 0.15) is 57.8 Å². The summed E-state index contributed by atoms with van der Waals surface area (Å²) in [5.74, 6) is 0.632. The van der Waals surface area contributed by atoms with Gasteiger partial charge in [0.1, 0.15) is 11.3 Å². The van der Waals surface area contributed by atoms with Crippen LogP contribution in [-0.2, 0) is 0 Å². The molecule has 0 saturated carbocycles. The van der Waals surface area contributed by atoms with E-state index in [2.05, 4.69) is 31.1 Å². The SMILES string of the molecule is CC(C)CC(C)CC(C)(C)NC(=O)c1cnc2c(F)cccc2c1. The zero-order valence-electron chi connectivity index (χ0n) is 15.2. The van der Waals surface area contributed by atoms with Crippen LogP contribution in [0.25, 0.3) is 10.9 Å². The number of aromatic nitrogens is 1. The van der Waals surface area contributed by atoms with E-state index in [-0.39, 0.29) is 17.3 Å². The van der Waals surface area contributed by atoms with Crippen LogP contribution in [0.5, 0.6) is 0 Å². The second kappa shape index (κ2) is 7.29. The van der Waals surface area contributed by atoms with Crippen molar-refractivity contribution in [3.05, 3.63) is 41.8 Å². The molecule has 0 fully saturated rings. The number of amides is 1. The van der Waals surface area contributed by atoms with Crippen LogP contribution in [-0.4, -0.2) is 16.4 Å². The van der Waals surface area contributed by atoms with E-state index in [1.54, 1.807) is 18.2 Å². The van der Waals surface area contributed by atoms with Gasteiger partial charge in [-0.1, -0.05) is 32.9 Å². The molecule has 24 heavy (non-hydrogen) atoms. The molecule has 1 heterocycles. The molecule has 1 aromatic carbocycles. The maximum Gasteiger partial charge on any atom is 0.253 e. The molecular weight excluding hydrogens is 303 g/mol. The maximum atomic E-state index is 13.7. The first-order chi connectivity index (χ1) is 11.2. The molecule has 1 aromatic heterocycles. The lowest BCUT2D eigenvalue weighted by atomic mass is 9.86. The Labute approximate surface area is 143 Å². The molecule has 1 atom stereocenters. The quantitative estimate of drug-likeness (QED) is 0.814. The van der Waals surface area contributed by atoms with Crippen molar-refractivity contribution >= 4 is 16.8 Å². The van der Waals surface area contributed by atoms with Gasteiger partial charge >= 0.3 is 0 Å². The minimum atomic E-state index is -0.373. The topological polar surface area (TPSA) is 42.0 Å². The largest absolute Gasteiger partial charge is 0.347 e. The van der Waals surface area contributed by atoms with Gasteiger partial charge in [-0.05, 0) is 50.7 Å². The fraction of sp³-hybridized carbons (Fsp3) is 0.500. The Morgan fingerprint density at radius 3 is 2.67 bits per heavy atom. The standard InChI is InChI=1S/C20H27FN2O/c1-13(2)9-14(3)11-20(4,5)23-19(24)16-10-15-7-6-8-17(21)18(15)22-12-16/h6-8,10,12-14H,9,11H2,1-5H3,(H,23,24). The summed E-state index contributed by atoms with van der Waals surface area (Å²) in [6, 6.07) is 6.44. The number of rotatable bonds is 6. The summed E-state index contributed by atoms with van der Waals surface area (Å²) in [7, 11) is 0. The normalized spacial score (nSPS) is 13.3. The second-order valence-electron chi connectivity index (χ2n) is 7.81. The van der Waals surface area contributed by atoms with Gasteiger partial charge in [-0.2, -0.15) is 0 Å². The summed E-state index contributed by atoms with van der Waals surface area (Å²) in [4.78, 5) is 16.6. The molecule has 0 bridgehead atoms. The molecule has 0 aliphatic rings. The van der Waals surface area contributed by atoms with E-state index < -0.39 is 0 Å². The van der Waals surface area contributed by atoms with Crippen LogP contribution < -0.4 is 5.32 Å². The number of carbonyl (C=O) groups is 1. The Balaban J connectivity index is 2.11. The number of nitrogens with zero attached hydrogens (tertiary/aromatic N) is 1. The zero-order chi connectivity index (χ0) is 17.9. The third kappa shape index (κ3) is 4.76. The number of halogens is 1. The molecule has 1 unspecified atom stereocenters. The van der Waals surface area contributed by atoms with E-state index in [1.165, 1.54) is 12.3 Å². The van der Waals surface area contributed by atoms with Gasteiger partial charge < -0.3 is 5.32 Å². The molecule has 0 spiro atoms. The predicted molar refractivity (Wildman–Crippen MR) is 96.5 cm³/mol. The molecule has 2 rings (SSSR count). The number of carbonyl (C=O) groups excluding carboxylic acids is 1. The van der Waals surface area contributed by atoms with Crippen LogP contribution in [0.4, 0.5) is 4.39 Å². The van der Waals surface area contributed by atoms with Crippen molar-refractivity contribution in [3.63, 3.8) is 0 Å². The van der Waals surface area contributed by atoms with Gasteiger partial charge in [0.05, 0.1) is 5.56 Å². The third-order valence-corrected chi connectivity index (χ3v) is 4.11. The molecule has 0 aliphatic carbocycles. The zero-order valence-corrected chi connectivity index (χ0v) is 15.2. The lowest BCUT2D eigenvalue weighted by Crippen LogP contribution is -2.44. The Morgan fingerprint density at radius 2 is 2.00 bits per heavy atom. The molecule has 3 nitrogen and oxygen atoms in total. The average molecular weight is 330 g/mol. The van der Waals surface area contributed by atoms with Gasteiger partial charge in [0.2, 0.25) is 0 Å². The monoisotopic (exact) mass is 330 g/mol. The maximum absolute atomic E-state index is 13.7. The molecule has 130 valence electrons. The van der Waals surface area contributed by atoms with Crippen molar-refractivity contribution < 1.29 is 9.18 Å². The van der Waals surface area contributed by atoms with Crippen molar-refractivity contribution in [2.24, 2.45) is 11.8 Å². The summed E-state index contributed by atoms with van der Waals surface area (Å²) < 4.78 is 13.7. The lowest BCUT2D eigenvalue weighted by Gasteiger charge is -2.30. The second-order valence-corrected chi connectivity index (χ2v) is 7.81. The number of hydrogen-bond donors (Lipinski definition) is 1. The van der Waals surface area contributed by atoms with Gasteiger partial charge in [0.15, 0.2) is 0 Å². The van der Waals surface area contributed by atoms with Crippen molar-refractivity contribution in [2.45, 2.75) is 53.0 Å². The highest BCUT2D eigenvalue weighted by Gasteiger charge is 2.24. The first-order valence-corrected chi connectivity index (χ1v) is 8.55. The summed E-state index contributed by atoms with van der Waals surface area (Å²) >= 11 is 0. The summed E-state index contributed by atoms with van der Waals surface area (Å²) in [6.45, 7) is 10.7. The minimum absolute atomic E-state index is 0.171. The van der Waals surface area contributed by atoms with Gasteiger partial charge in [-0.15, -0.1) is 0 Å². The minimum Gasteiger partial charge on any atom is -0.347 e. The Morgan fingerprint density at radius 1 is 1.29 bits per heavy atom. The molecule has 0 radical (unpaired) electrons. The van der Waals surface area contributed by atoms with Gasteiger partial charge in [0, 0.05) is 17.1 Å². The van der Waals surface area contributed by atoms with Gasteiger partial charge in [0.25, 0.3) is 5.91 Å². The van der Waals surface area contributed by atoms with E-state index >= 15 is 0 Å². The number of para-hydroxylation sites is 1. The Kier molecular flexibility index (Phi) is 5.58. The Hall–Kier alpha value is -1.97. The van der Waals surface area contributed by atoms with Crippen molar-refractivity contribution in [3.8, 4) is 0 Å². The average Bonchev–Trinajstić information content (AvgIpc) is 2.44. The molecule has 2 aromatic rings. The van der Waals surface area contributed by atoms with Crippen LogP contribution in [0, 0.1) is 17.7 Å². The van der Waals surface area contributed by atoms with Crippen LogP contribution >= 0.6 is 0 Å². The first kappa shape index (κ1) is 18.4. The molecule has 1 amide bonds. The number of fused-ring (bicyclic) bond motifs is 1. The lowest BCUT2D eigenvalue weighted by molar-refractivity contribution is 0.0900. The third-order valence-electron chi connectivity index (χ3n) is 4.11. The summed E-state index contributed by atoms with van der Waals surface area (Å²) in [5, 5.41) is 3.72. The highest BCUT2D eigenvalue weighted by Crippen LogP contribution is 2.23. The van der Waals surface area contributed by atoms with Crippen LogP contribution in [0.15, 0.2) is 30.5 Å². The molecular formula is C20H27FN2O. The van der Waals surface area contributed by atoms with Crippen molar-refractivity contribution in [2.75, 3.05) is 0 Å². The number of nitrogens with one attached hydrogen (secondary N) is 1. The predicted octanol–water partition coefficient (Wildman–Crippen LogP) is 4.95. The van der Waals surface area contributed by atoms with Crippen LogP contribution in [0.2, 0.25) is 0 Å². The smallest absolute Gasteiger partial charge is 0.253 e. The highest BCUT2D eigenvalue weighted by molar-refractivity contribution is 5.97. The van der Waals surface area contributed by atoms with Gasteiger partial charge in [-0.3, -0.25) is 9.78 Å². The van der Waals surface area contributed by atoms with Crippen molar-refractivity contribution in [1.82, 2.24) is 10.3 Å². The molecule has 0 aliphatic heterocycles. The summed E-state index contributed by atoms with van der Waals surface area (Å²) in [5.41, 5.74) is 0.444. The van der Waals surface area contributed by atoms with E-state index in [4.69, 9.17) is 0 Å². The Bertz CT molecular complexity index is 725. The fourth-order valence-electron chi connectivity index (χ4n) is 3.44. The number of pyridine rings is 1. The summed E-state index contributed by atoms with van der Waals surface area (Å²) in [6.07, 6.45) is 3.48. The van der Waals surface area contributed by atoms with E-state index in [0.717, 1.165) is 12.8 Å². The van der Waals surface area contributed by atoms with Gasteiger partial charge in [-0.25, -0.2) is 4.39 Å². The first-order valence-electron chi connectivity index (χ1n) is 8.55. The van der Waals surface area contributed by atoms with E-state index in [0.29, 0.717) is 28.3 Å². The van der Waals surface area contributed by atoms with Crippen LogP contribution in [0.3, 0.4) is 0 Å². The molecule has 0 saturated heterocycles. The van der Waals surface area contributed by atoms with Crippen molar-refractivity contribution in [1.29, 1.82) is 0 Å². The molecule has 1 N–H and O–H groups in total. The van der Waals surface area contributed by atoms with E-state index in [9.17, 15) is 9.18 Å². The number of benzene rings is 1.